The summed E-state index contributed by atoms with van der Waals surface area (Å²) in [6.07, 6.45) is 2.00. The molecule has 0 fully saturated rings. The lowest BCUT2D eigenvalue weighted by Gasteiger charge is -2.07. The summed E-state index contributed by atoms with van der Waals surface area (Å²) >= 11 is 0. The molecule has 0 bridgehead atoms. The van der Waals surface area contributed by atoms with Crippen LogP contribution in [0.25, 0.3) is 10.9 Å². The molecular weight excluding hydrogens is 295 g/mol. The number of rotatable bonds is 5. The standard InChI is InChI=1S/C18H17FN2O2/c1-21-11-13(16-7-2-3-8-17(16)21)10-20-18(22)12-23-15-6-4-5-14(19)9-15/h2-9,11H,10,12H2,1H3,(H,20,22). The van der Waals surface area contributed by atoms with Crippen LogP contribution in [0.2, 0.25) is 0 Å². The second-order valence-electron chi connectivity index (χ2n) is 5.31. The maximum Gasteiger partial charge on any atom is 0.258 e. The van der Waals surface area contributed by atoms with Crippen molar-refractivity contribution in [1.82, 2.24) is 9.88 Å². The molecular formula is C18H17FN2O2. The number of aromatic nitrogens is 1. The Morgan fingerprint density at radius 2 is 2.04 bits per heavy atom. The number of nitrogens with zero attached hydrogens (tertiary/aromatic N) is 1. The van der Waals surface area contributed by atoms with Crippen molar-refractivity contribution in [2.75, 3.05) is 6.61 Å². The number of para-hydroxylation sites is 1. The van der Waals surface area contributed by atoms with Crippen LogP contribution in [0.5, 0.6) is 5.75 Å². The SMILES string of the molecule is Cn1cc(CNC(=O)COc2cccc(F)c2)c2ccccc21. The van der Waals surface area contributed by atoms with Crippen molar-refractivity contribution >= 4 is 16.8 Å². The number of nitrogens with one attached hydrogen (secondary N) is 1. The molecule has 1 aromatic heterocycles. The fraction of sp³-hybridized carbons (Fsp3) is 0.167. The lowest BCUT2D eigenvalue weighted by molar-refractivity contribution is -0.123. The zero-order valence-corrected chi connectivity index (χ0v) is 12.8. The first kappa shape index (κ1) is 15.1. The minimum Gasteiger partial charge on any atom is -0.484 e. The van der Waals surface area contributed by atoms with Crippen LogP contribution in [0.1, 0.15) is 5.56 Å². The number of halogens is 1. The van der Waals surface area contributed by atoms with E-state index in [0.29, 0.717) is 12.3 Å². The highest BCUT2D eigenvalue weighted by Crippen LogP contribution is 2.20. The molecule has 0 saturated carbocycles. The van der Waals surface area contributed by atoms with Gasteiger partial charge in [-0.1, -0.05) is 24.3 Å². The van der Waals surface area contributed by atoms with Crippen molar-refractivity contribution in [1.29, 1.82) is 0 Å². The molecule has 1 amide bonds. The molecule has 118 valence electrons. The first-order valence-electron chi connectivity index (χ1n) is 7.31. The molecule has 23 heavy (non-hydrogen) atoms. The molecule has 0 radical (unpaired) electrons. The second-order valence-corrected chi connectivity index (χ2v) is 5.31. The summed E-state index contributed by atoms with van der Waals surface area (Å²) in [5.74, 6) is -0.300. The third-order valence-corrected chi connectivity index (χ3v) is 3.62. The van der Waals surface area contributed by atoms with E-state index in [1.54, 1.807) is 12.1 Å². The Bertz CT molecular complexity index is 842. The van der Waals surface area contributed by atoms with E-state index < -0.39 is 5.82 Å². The summed E-state index contributed by atoms with van der Waals surface area (Å²) in [6, 6.07) is 13.7. The lowest BCUT2D eigenvalue weighted by atomic mass is 10.2. The van der Waals surface area contributed by atoms with Crippen LogP contribution >= 0.6 is 0 Å². The number of benzene rings is 2. The van der Waals surface area contributed by atoms with E-state index in [4.69, 9.17) is 4.74 Å². The maximum atomic E-state index is 13.0. The van der Waals surface area contributed by atoms with Crippen LogP contribution in [0.3, 0.4) is 0 Å². The fourth-order valence-electron chi connectivity index (χ4n) is 2.52. The Balaban J connectivity index is 1.58. The van der Waals surface area contributed by atoms with E-state index in [2.05, 4.69) is 5.32 Å². The third kappa shape index (κ3) is 3.51. The molecule has 3 aromatic rings. The number of ether oxygens (including phenoxy) is 1. The van der Waals surface area contributed by atoms with Gasteiger partial charge in [0.15, 0.2) is 6.61 Å². The van der Waals surface area contributed by atoms with Crippen LogP contribution in [-0.4, -0.2) is 17.1 Å². The predicted molar refractivity (Wildman–Crippen MR) is 86.7 cm³/mol. The van der Waals surface area contributed by atoms with Gasteiger partial charge in [-0.2, -0.15) is 0 Å². The molecule has 2 aromatic carbocycles. The third-order valence-electron chi connectivity index (χ3n) is 3.62. The molecule has 0 aliphatic heterocycles. The number of amides is 1. The van der Waals surface area contributed by atoms with E-state index in [-0.39, 0.29) is 12.5 Å². The topological polar surface area (TPSA) is 43.3 Å². The van der Waals surface area contributed by atoms with Crippen LogP contribution in [-0.2, 0) is 18.4 Å². The zero-order chi connectivity index (χ0) is 16.2. The van der Waals surface area contributed by atoms with Gasteiger partial charge >= 0.3 is 0 Å². The molecule has 0 saturated heterocycles. The van der Waals surface area contributed by atoms with Crippen molar-refractivity contribution in [3.05, 3.63) is 66.1 Å². The fourth-order valence-corrected chi connectivity index (χ4v) is 2.52. The van der Waals surface area contributed by atoms with Crippen molar-refractivity contribution in [2.24, 2.45) is 7.05 Å². The van der Waals surface area contributed by atoms with Crippen molar-refractivity contribution in [3.63, 3.8) is 0 Å². The predicted octanol–water partition coefficient (Wildman–Crippen LogP) is 3.01. The quantitative estimate of drug-likeness (QED) is 0.787. The summed E-state index contributed by atoms with van der Waals surface area (Å²) in [7, 11) is 1.97. The molecule has 1 heterocycles. The highest BCUT2D eigenvalue weighted by Gasteiger charge is 2.08. The molecule has 0 aliphatic rings. The average molecular weight is 312 g/mol. The molecule has 0 spiro atoms. The highest BCUT2D eigenvalue weighted by atomic mass is 19.1. The molecule has 4 nitrogen and oxygen atoms in total. The van der Waals surface area contributed by atoms with Crippen LogP contribution in [0.4, 0.5) is 4.39 Å². The van der Waals surface area contributed by atoms with Gasteiger partial charge in [-0.25, -0.2) is 4.39 Å². The van der Waals surface area contributed by atoms with Crippen molar-refractivity contribution in [3.8, 4) is 5.75 Å². The lowest BCUT2D eigenvalue weighted by Crippen LogP contribution is -2.28. The molecule has 5 heteroatoms. The summed E-state index contributed by atoms with van der Waals surface area (Å²) in [5.41, 5.74) is 2.16. The Hall–Kier alpha value is -2.82. The monoisotopic (exact) mass is 312 g/mol. The Morgan fingerprint density at radius 3 is 2.87 bits per heavy atom. The van der Waals surface area contributed by atoms with Gasteiger partial charge in [0, 0.05) is 36.8 Å². The normalized spacial score (nSPS) is 10.7. The van der Waals surface area contributed by atoms with Crippen LogP contribution in [0, 0.1) is 5.82 Å². The van der Waals surface area contributed by atoms with Crippen LogP contribution < -0.4 is 10.1 Å². The molecule has 3 rings (SSSR count). The van der Waals surface area contributed by atoms with Gasteiger partial charge in [0.25, 0.3) is 5.91 Å². The van der Waals surface area contributed by atoms with Crippen molar-refractivity contribution in [2.45, 2.75) is 6.54 Å². The number of hydrogen-bond donors (Lipinski definition) is 1. The summed E-state index contributed by atoms with van der Waals surface area (Å²) in [5, 5.41) is 3.93. The van der Waals surface area contributed by atoms with Gasteiger partial charge in [0.1, 0.15) is 11.6 Å². The number of hydrogen-bond acceptors (Lipinski definition) is 2. The van der Waals surface area contributed by atoms with E-state index in [1.165, 1.54) is 12.1 Å². The minimum absolute atomic E-state index is 0.145. The first-order chi connectivity index (χ1) is 11.1. The maximum absolute atomic E-state index is 13.0. The largest absolute Gasteiger partial charge is 0.484 e. The molecule has 0 atom stereocenters. The van der Waals surface area contributed by atoms with Gasteiger partial charge in [0.2, 0.25) is 0 Å². The van der Waals surface area contributed by atoms with E-state index >= 15 is 0 Å². The molecule has 0 unspecified atom stereocenters. The average Bonchev–Trinajstić information content (AvgIpc) is 2.88. The minimum atomic E-state index is -0.390. The number of fused-ring (bicyclic) bond motifs is 1. The molecule has 0 aliphatic carbocycles. The Kier molecular flexibility index (Phi) is 4.28. The summed E-state index contributed by atoms with van der Waals surface area (Å²) in [4.78, 5) is 11.9. The summed E-state index contributed by atoms with van der Waals surface area (Å²) in [6.45, 7) is 0.279. The van der Waals surface area contributed by atoms with Gasteiger partial charge in [-0.05, 0) is 23.8 Å². The Labute approximate surface area is 133 Å². The van der Waals surface area contributed by atoms with Gasteiger partial charge in [0.05, 0.1) is 0 Å². The highest BCUT2D eigenvalue weighted by molar-refractivity contribution is 5.84. The summed E-state index contributed by atoms with van der Waals surface area (Å²) < 4.78 is 20.3. The van der Waals surface area contributed by atoms with E-state index in [0.717, 1.165) is 16.5 Å². The van der Waals surface area contributed by atoms with Gasteiger partial charge < -0.3 is 14.6 Å². The second kappa shape index (κ2) is 6.52. The number of aryl methyl sites for hydroxylation is 1. The number of carbonyl (C=O) groups is 1. The van der Waals surface area contributed by atoms with Crippen LogP contribution in [0.15, 0.2) is 54.7 Å². The van der Waals surface area contributed by atoms with E-state index in [9.17, 15) is 9.18 Å². The zero-order valence-electron chi connectivity index (χ0n) is 12.8. The number of carbonyl (C=O) groups excluding carboxylic acids is 1. The molecule has 1 N–H and O–H groups in total. The Morgan fingerprint density at radius 1 is 1.22 bits per heavy atom. The van der Waals surface area contributed by atoms with Gasteiger partial charge in [-0.15, -0.1) is 0 Å². The first-order valence-corrected chi connectivity index (χ1v) is 7.31. The van der Waals surface area contributed by atoms with Crippen molar-refractivity contribution < 1.29 is 13.9 Å². The van der Waals surface area contributed by atoms with Gasteiger partial charge in [-0.3, -0.25) is 4.79 Å². The smallest absolute Gasteiger partial charge is 0.258 e. The van der Waals surface area contributed by atoms with E-state index in [1.807, 2.05) is 42.1 Å².